The molecule has 106 valence electrons. The fraction of sp³-hybridized carbons (Fsp3) is 0.571. The summed E-state index contributed by atoms with van der Waals surface area (Å²) in [7, 11) is 3.32. The molecule has 0 amide bonds. The number of nitrogens with zero attached hydrogens (tertiary/aromatic N) is 1. The van der Waals surface area contributed by atoms with Crippen molar-refractivity contribution in [1.29, 1.82) is 0 Å². The molecule has 0 radical (unpaired) electrons. The summed E-state index contributed by atoms with van der Waals surface area (Å²) in [4.78, 5) is 2.40. The summed E-state index contributed by atoms with van der Waals surface area (Å²) in [5.41, 5.74) is 1.02. The molecule has 1 saturated heterocycles. The first-order valence-electron chi connectivity index (χ1n) is 6.59. The number of nitrogens with one attached hydrogen (secondary N) is 1. The van der Waals surface area contributed by atoms with Gasteiger partial charge in [-0.2, -0.15) is 0 Å². The van der Waals surface area contributed by atoms with Crippen molar-refractivity contribution in [2.45, 2.75) is 0 Å². The van der Waals surface area contributed by atoms with Crippen molar-refractivity contribution >= 4 is 5.69 Å². The number of anilines is 1. The lowest BCUT2D eigenvalue weighted by atomic mass is 10.2. The van der Waals surface area contributed by atoms with Gasteiger partial charge in [-0.25, -0.2) is 0 Å². The van der Waals surface area contributed by atoms with Crippen LogP contribution in [0, 0.1) is 0 Å². The Kier molecular flexibility index (Phi) is 5.30. The van der Waals surface area contributed by atoms with Gasteiger partial charge in [-0.3, -0.25) is 4.90 Å². The average Bonchev–Trinajstić information content (AvgIpc) is 2.48. The van der Waals surface area contributed by atoms with Crippen molar-refractivity contribution in [2.24, 2.45) is 0 Å². The Morgan fingerprint density at radius 1 is 1.11 bits per heavy atom. The van der Waals surface area contributed by atoms with Crippen LogP contribution in [0.4, 0.5) is 5.69 Å². The Labute approximate surface area is 114 Å². The maximum Gasteiger partial charge on any atom is 0.124 e. The molecule has 5 nitrogen and oxygen atoms in total. The van der Waals surface area contributed by atoms with Crippen LogP contribution in [-0.4, -0.2) is 58.5 Å². The van der Waals surface area contributed by atoms with E-state index >= 15 is 0 Å². The Bertz CT molecular complexity index is 370. The Morgan fingerprint density at radius 3 is 2.32 bits per heavy atom. The molecular weight excluding hydrogens is 244 g/mol. The van der Waals surface area contributed by atoms with E-state index in [4.69, 9.17) is 14.2 Å². The van der Waals surface area contributed by atoms with Crippen LogP contribution in [0.1, 0.15) is 0 Å². The number of hydrogen-bond donors (Lipinski definition) is 1. The minimum Gasteiger partial charge on any atom is -0.497 e. The molecule has 2 rings (SSSR count). The smallest absolute Gasteiger partial charge is 0.124 e. The van der Waals surface area contributed by atoms with Gasteiger partial charge in [0.15, 0.2) is 0 Å². The van der Waals surface area contributed by atoms with Gasteiger partial charge < -0.3 is 19.5 Å². The molecule has 0 spiro atoms. The van der Waals surface area contributed by atoms with E-state index in [2.05, 4.69) is 10.2 Å². The number of hydrogen-bond acceptors (Lipinski definition) is 5. The van der Waals surface area contributed by atoms with Gasteiger partial charge in [-0.15, -0.1) is 0 Å². The fourth-order valence-electron chi connectivity index (χ4n) is 2.09. The van der Waals surface area contributed by atoms with Crippen LogP contribution in [-0.2, 0) is 4.74 Å². The van der Waals surface area contributed by atoms with Gasteiger partial charge >= 0.3 is 0 Å². The summed E-state index contributed by atoms with van der Waals surface area (Å²) < 4.78 is 15.8. The molecule has 0 unspecified atom stereocenters. The van der Waals surface area contributed by atoms with Crippen LogP contribution < -0.4 is 14.8 Å². The minimum absolute atomic E-state index is 0.799. The standard InChI is InChI=1S/C14H22N2O3/c1-17-13-9-12(10-14(11-13)18-2)15-3-4-16-5-7-19-8-6-16/h9-11,15H,3-8H2,1-2H3. The van der Waals surface area contributed by atoms with Gasteiger partial charge in [0, 0.05) is 50.1 Å². The maximum absolute atomic E-state index is 5.33. The number of methoxy groups -OCH3 is 2. The summed E-state index contributed by atoms with van der Waals surface area (Å²) in [5.74, 6) is 1.60. The zero-order valence-electron chi connectivity index (χ0n) is 11.6. The molecule has 0 saturated carbocycles. The van der Waals surface area contributed by atoms with Gasteiger partial charge in [0.2, 0.25) is 0 Å². The first-order valence-corrected chi connectivity index (χ1v) is 6.59. The van der Waals surface area contributed by atoms with Gasteiger partial charge in [0.1, 0.15) is 11.5 Å². The van der Waals surface area contributed by atoms with Crippen LogP contribution in [0.15, 0.2) is 18.2 Å². The van der Waals surface area contributed by atoms with Crippen LogP contribution in [0.2, 0.25) is 0 Å². The minimum atomic E-state index is 0.799. The van der Waals surface area contributed by atoms with E-state index in [0.29, 0.717) is 0 Å². The van der Waals surface area contributed by atoms with Crippen molar-refractivity contribution in [1.82, 2.24) is 4.90 Å². The number of morpholine rings is 1. The lowest BCUT2D eigenvalue weighted by molar-refractivity contribution is 0.0398. The van der Waals surface area contributed by atoms with Crippen LogP contribution in [0.5, 0.6) is 11.5 Å². The molecule has 5 heteroatoms. The predicted octanol–water partition coefficient (Wildman–Crippen LogP) is 1.45. The van der Waals surface area contributed by atoms with Gasteiger partial charge in [0.25, 0.3) is 0 Å². The van der Waals surface area contributed by atoms with E-state index in [1.165, 1.54) is 0 Å². The van der Waals surface area contributed by atoms with E-state index in [9.17, 15) is 0 Å². The highest BCUT2D eigenvalue weighted by molar-refractivity contribution is 5.53. The monoisotopic (exact) mass is 266 g/mol. The first kappa shape index (κ1) is 14.0. The zero-order chi connectivity index (χ0) is 13.5. The molecule has 1 aliphatic rings. The Hall–Kier alpha value is -1.46. The van der Waals surface area contributed by atoms with Crippen LogP contribution in [0.3, 0.4) is 0 Å². The van der Waals surface area contributed by atoms with Gasteiger partial charge in [-0.05, 0) is 0 Å². The summed E-state index contributed by atoms with van der Waals surface area (Å²) in [6, 6.07) is 5.82. The molecule has 1 aliphatic heterocycles. The van der Waals surface area contributed by atoms with Crippen LogP contribution in [0.25, 0.3) is 0 Å². The lowest BCUT2D eigenvalue weighted by Crippen LogP contribution is -2.39. The van der Waals surface area contributed by atoms with Crippen molar-refractivity contribution in [3.05, 3.63) is 18.2 Å². The molecule has 1 aromatic rings. The topological polar surface area (TPSA) is 43.0 Å². The third-order valence-corrected chi connectivity index (χ3v) is 3.21. The van der Waals surface area contributed by atoms with Crippen molar-refractivity contribution in [3.8, 4) is 11.5 Å². The second-order valence-electron chi connectivity index (χ2n) is 4.48. The highest BCUT2D eigenvalue weighted by Crippen LogP contribution is 2.25. The first-order chi connectivity index (χ1) is 9.31. The molecule has 1 heterocycles. The van der Waals surface area contributed by atoms with E-state index in [0.717, 1.165) is 56.6 Å². The number of ether oxygens (including phenoxy) is 3. The van der Waals surface area contributed by atoms with Crippen molar-refractivity contribution in [3.63, 3.8) is 0 Å². The summed E-state index contributed by atoms with van der Waals surface area (Å²) >= 11 is 0. The van der Waals surface area contributed by atoms with Gasteiger partial charge in [-0.1, -0.05) is 0 Å². The second kappa shape index (κ2) is 7.21. The van der Waals surface area contributed by atoms with Crippen molar-refractivity contribution in [2.75, 3.05) is 58.9 Å². The third kappa shape index (κ3) is 4.29. The fourth-order valence-corrected chi connectivity index (χ4v) is 2.09. The van der Waals surface area contributed by atoms with Gasteiger partial charge in [0.05, 0.1) is 27.4 Å². The van der Waals surface area contributed by atoms with E-state index in [-0.39, 0.29) is 0 Å². The average molecular weight is 266 g/mol. The molecule has 1 aromatic carbocycles. The zero-order valence-corrected chi connectivity index (χ0v) is 11.6. The number of rotatable bonds is 6. The molecular formula is C14H22N2O3. The predicted molar refractivity (Wildman–Crippen MR) is 75.3 cm³/mol. The molecule has 19 heavy (non-hydrogen) atoms. The Morgan fingerprint density at radius 2 is 1.74 bits per heavy atom. The van der Waals surface area contributed by atoms with Crippen molar-refractivity contribution < 1.29 is 14.2 Å². The summed E-state index contributed by atoms with van der Waals surface area (Å²) in [6.07, 6.45) is 0. The largest absolute Gasteiger partial charge is 0.497 e. The van der Waals surface area contributed by atoms with Crippen LogP contribution >= 0.6 is 0 Å². The molecule has 0 bridgehead atoms. The maximum atomic E-state index is 5.33. The van der Waals surface area contributed by atoms with E-state index in [1.54, 1.807) is 14.2 Å². The highest BCUT2D eigenvalue weighted by atomic mass is 16.5. The molecule has 0 atom stereocenters. The summed E-state index contributed by atoms with van der Waals surface area (Å²) in [6.45, 7) is 5.63. The molecule has 1 N–H and O–H groups in total. The molecule has 0 aliphatic carbocycles. The van der Waals surface area contributed by atoms with E-state index < -0.39 is 0 Å². The molecule has 1 fully saturated rings. The van der Waals surface area contributed by atoms with E-state index in [1.807, 2.05) is 18.2 Å². The lowest BCUT2D eigenvalue weighted by Gasteiger charge is -2.26. The normalized spacial score (nSPS) is 16.1. The summed E-state index contributed by atoms with van der Waals surface area (Å²) in [5, 5.41) is 3.40. The Balaban J connectivity index is 1.84. The SMILES string of the molecule is COc1cc(NCCN2CCOCC2)cc(OC)c1. The second-order valence-corrected chi connectivity index (χ2v) is 4.48. The quantitative estimate of drug-likeness (QED) is 0.844. The third-order valence-electron chi connectivity index (χ3n) is 3.21. The number of benzene rings is 1. The highest BCUT2D eigenvalue weighted by Gasteiger charge is 2.09. The molecule has 0 aromatic heterocycles.